The van der Waals surface area contributed by atoms with Gasteiger partial charge in [0.2, 0.25) is 0 Å². The van der Waals surface area contributed by atoms with Gasteiger partial charge in [-0.2, -0.15) is 0 Å². The monoisotopic (exact) mass is 248 g/mol. The lowest BCUT2D eigenvalue weighted by Gasteiger charge is -2.39. The number of benzene rings is 1. The lowest BCUT2D eigenvalue weighted by molar-refractivity contribution is 0.425. The molecule has 4 N–H and O–H groups in total. The van der Waals surface area contributed by atoms with Crippen LogP contribution in [0.5, 0.6) is 0 Å². The number of halogens is 1. The third-order valence-corrected chi connectivity index (χ3v) is 3.97. The molecule has 3 heteroatoms. The van der Waals surface area contributed by atoms with E-state index in [-0.39, 0.29) is 0 Å². The zero-order valence-electron chi connectivity index (χ0n) is 9.86. The van der Waals surface area contributed by atoms with E-state index < -0.39 is 10.5 Å². The molecule has 0 radical (unpaired) electrons. The first-order valence-electron chi connectivity index (χ1n) is 5.73. The van der Waals surface area contributed by atoms with Crippen molar-refractivity contribution >= 4 is 17.2 Å². The highest BCUT2D eigenvalue weighted by molar-refractivity contribution is 6.27. The van der Waals surface area contributed by atoms with Crippen LogP contribution in [0.25, 0.3) is 5.57 Å². The number of nitrogens with two attached hydrogens (primary N) is 2. The van der Waals surface area contributed by atoms with Gasteiger partial charge in [-0.1, -0.05) is 49.4 Å². The summed E-state index contributed by atoms with van der Waals surface area (Å²) < 4.78 is 0. The zero-order chi connectivity index (χ0) is 12.5. The Morgan fingerprint density at radius 3 is 2.41 bits per heavy atom. The Morgan fingerprint density at radius 2 is 1.82 bits per heavy atom. The first-order valence-corrected chi connectivity index (χ1v) is 6.10. The van der Waals surface area contributed by atoms with Gasteiger partial charge in [0.05, 0.1) is 4.87 Å². The fourth-order valence-corrected chi connectivity index (χ4v) is 2.18. The molecule has 1 aromatic rings. The molecule has 0 spiro atoms. The van der Waals surface area contributed by atoms with Gasteiger partial charge in [-0.3, -0.25) is 0 Å². The van der Waals surface area contributed by atoms with E-state index in [1.165, 1.54) is 0 Å². The zero-order valence-corrected chi connectivity index (χ0v) is 10.6. The Kier molecular flexibility index (Phi) is 3.13. The van der Waals surface area contributed by atoms with Crippen LogP contribution >= 0.6 is 11.6 Å². The van der Waals surface area contributed by atoms with Crippen molar-refractivity contribution in [2.45, 2.75) is 23.9 Å². The Balaban J connectivity index is 2.43. The second-order valence-electron chi connectivity index (χ2n) is 4.45. The molecule has 1 aromatic carbocycles. The van der Waals surface area contributed by atoms with Crippen LogP contribution in [0, 0.1) is 0 Å². The molecule has 0 saturated carbocycles. The van der Waals surface area contributed by atoms with E-state index in [9.17, 15) is 0 Å². The SMILES string of the molecule is CCC1(Cl)C=C(c2ccccc2)C=CC1(N)N. The molecule has 0 saturated heterocycles. The van der Waals surface area contributed by atoms with E-state index in [0.29, 0.717) is 6.42 Å². The predicted octanol–water partition coefficient (Wildman–Crippen LogP) is 2.64. The van der Waals surface area contributed by atoms with Crippen molar-refractivity contribution in [3.05, 3.63) is 54.1 Å². The second-order valence-corrected chi connectivity index (χ2v) is 5.12. The minimum atomic E-state index is -0.998. The number of rotatable bonds is 2. The number of hydrogen-bond acceptors (Lipinski definition) is 2. The lowest BCUT2D eigenvalue weighted by Crippen LogP contribution is -2.62. The average molecular weight is 249 g/mol. The number of hydrogen-bond donors (Lipinski definition) is 2. The lowest BCUT2D eigenvalue weighted by atomic mass is 9.82. The van der Waals surface area contributed by atoms with Crippen molar-refractivity contribution < 1.29 is 0 Å². The number of alkyl halides is 1. The van der Waals surface area contributed by atoms with Crippen molar-refractivity contribution in [1.82, 2.24) is 0 Å². The van der Waals surface area contributed by atoms with E-state index in [1.54, 1.807) is 6.08 Å². The van der Waals surface area contributed by atoms with E-state index in [1.807, 2.05) is 49.4 Å². The molecule has 0 aliphatic heterocycles. The maximum Gasteiger partial charge on any atom is 0.106 e. The van der Waals surface area contributed by atoms with E-state index >= 15 is 0 Å². The first-order chi connectivity index (χ1) is 7.98. The minimum absolute atomic E-state index is 0.683. The molecule has 0 amide bonds. The third-order valence-electron chi connectivity index (χ3n) is 3.26. The summed E-state index contributed by atoms with van der Waals surface area (Å²) in [5.74, 6) is 0. The topological polar surface area (TPSA) is 52.0 Å². The summed E-state index contributed by atoms with van der Waals surface area (Å²) in [6.45, 7) is 1.99. The van der Waals surface area contributed by atoms with Gasteiger partial charge in [-0.15, -0.1) is 11.6 Å². The van der Waals surface area contributed by atoms with Gasteiger partial charge in [0.25, 0.3) is 0 Å². The highest BCUT2D eigenvalue weighted by Crippen LogP contribution is 2.37. The predicted molar refractivity (Wildman–Crippen MR) is 73.5 cm³/mol. The van der Waals surface area contributed by atoms with Crippen molar-refractivity contribution in [2.24, 2.45) is 11.5 Å². The van der Waals surface area contributed by atoms with Gasteiger partial charge >= 0.3 is 0 Å². The van der Waals surface area contributed by atoms with Crippen molar-refractivity contribution in [2.75, 3.05) is 0 Å². The summed E-state index contributed by atoms with van der Waals surface area (Å²) in [5.41, 5.74) is 13.2. The van der Waals surface area contributed by atoms with Crippen LogP contribution in [0.4, 0.5) is 0 Å². The molecule has 2 rings (SSSR count). The van der Waals surface area contributed by atoms with E-state index in [0.717, 1.165) is 11.1 Å². The van der Waals surface area contributed by atoms with Crippen LogP contribution in [0.1, 0.15) is 18.9 Å². The molecule has 0 heterocycles. The average Bonchev–Trinajstić information content (AvgIpc) is 2.34. The van der Waals surface area contributed by atoms with Crippen LogP contribution in [0.15, 0.2) is 48.6 Å². The van der Waals surface area contributed by atoms with Crippen molar-refractivity contribution in [3.8, 4) is 0 Å². The molecule has 90 valence electrons. The molecule has 0 bridgehead atoms. The quantitative estimate of drug-likeness (QED) is 0.625. The third kappa shape index (κ3) is 2.16. The van der Waals surface area contributed by atoms with Gasteiger partial charge in [0.15, 0.2) is 0 Å². The van der Waals surface area contributed by atoms with Crippen LogP contribution in [-0.4, -0.2) is 10.5 Å². The van der Waals surface area contributed by atoms with Crippen molar-refractivity contribution in [3.63, 3.8) is 0 Å². The van der Waals surface area contributed by atoms with Crippen molar-refractivity contribution in [1.29, 1.82) is 0 Å². The van der Waals surface area contributed by atoms with Crippen LogP contribution in [0.3, 0.4) is 0 Å². The molecular weight excluding hydrogens is 232 g/mol. The molecular formula is C14H17ClN2. The summed E-state index contributed by atoms with van der Waals surface area (Å²) in [4.78, 5) is -0.729. The van der Waals surface area contributed by atoms with Crippen LogP contribution in [0.2, 0.25) is 0 Å². The molecule has 1 unspecified atom stereocenters. The maximum atomic E-state index is 6.52. The van der Waals surface area contributed by atoms with Gasteiger partial charge < -0.3 is 11.5 Å². The fourth-order valence-electron chi connectivity index (χ4n) is 2.00. The Morgan fingerprint density at radius 1 is 1.18 bits per heavy atom. The van der Waals surface area contributed by atoms with E-state index in [2.05, 4.69) is 0 Å². The largest absolute Gasteiger partial charge is 0.308 e. The summed E-state index contributed by atoms with van der Waals surface area (Å²) >= 11 is 6.52. The Hall–Kier alpha value is -1.09. The molecule has 17 heavy (non-hydrogen) atoms. The molecule has 1 atom stereocenters. The maximum absolute atomic E-state index is 6.52. The summed E-state index contributed by atoms with van der Waals surface area (Å²) in [7, 11) is 0. The van der Waals surface area contributed by atoms with Crippen LogP contribution < -0.4 is 11.5 Å². The smallest absolute Gasteiger partial charge is 0.106 e. The standard InChI is InChI=1S/C14H17ClN2/c1-2-13(15)10-12(8-9-14(13,16)17)11-6-4-3-5-7-11/h3-10H,2,16-17H2,1H3. The van der Waals surface area contributed by atoms with Gasteiger partial charge in [-0.05, 0) is 23.6 Å². The summed E-state index contributed by atoms with van der Waals surface area (Å²) in [5, 5.41) is 0. The molecule has 0 aromatic heterocycles. The normalized spacial score (nSPS) is 26.7. The summed E-state index contributed by atoms with van der Waals surface area (Å²) in [6.07, 6.45) is 6.36. The highest BCUT2D eigenvalue weighted by atomic mass is 35.5. The second kappa shape index (κ2) is 4.30. The summed E-state index contributed by atoms with van der Waals surface area (Å²) in [6, 6.07) is 10.1. The first kappa shape index (κ1) is 12.4. The molecule has 1 aliphatic carbocycles. The van der Waals surface area contributed by atoms with E-state index in [4.69, 9.17) is 23.1 Å². The highest BCUT2D eigenvalue weighted by Gasteiger charge is 2.42. The fraction of sp³-hybridized carbons (Fsp3) is 0.286. The van der Waals surface area contributed by atoms with Gasteiger partial charge in [-0.25, -0.2) is 0 Å². The Bertz CT molecular complexity index is 462. The van der Waals surface area contributed by atoms with Gasteiger partial charge in [0.1, 0.15) is 5.66 Å². The van der Waals surface area contributed by atoms with Gasteiger partial charge in [0, 0.05) is 0 Å². The number of allylic oxidation sites excluding steroid dienone is 2. The Labute approximate surface area is 107 Å². The minimum Gasteiger partial charge on any atom is -0.308 e. The molecule has 1 aliphatic rings. The molecule has 2 nitrogen and oxygen atoms in total. The van der Waals surface area contributed by atoms with Crippen LogP contribution in [-0.2, 0) is 0 Å². The molecule has 0 fully saturated rings.